The fraction of sp³-hybridized carbons (Fsp3) is 0.400. The Morgan fingerprint density at radius 2 is 1.67 bits per heavy atom. The summed E-state index contributed by atoms with van der Waals surface area (Å²) in [6.45, 7) is 8.70. The van der Waals surface area contributed by atoms with Gasteiger partial charge in [-0.15, -0.1) is 0 Å². The number of carbonyl (C=O) groups excluding carboxylic acids is 1. The number of amides is 1. The maximum Gasteiger partial charge on any atom is 0.433 e. The van der Waals surface area contributed by atoms with Crippen molar-refractivity contribution in [2.75, 3.05) is 10.2 Å². The summed E-state index contributed by atoms with van der Waals surface area (Å²) < 4.78 is 40.1. The van der Waals surface area contributed by atoms with E-state index >= 15 is 0 Å². The van der Waals surface area contributed by atoms with Crippen LogP contribution in [0.25, 0.3) is 0 Å². The SMILES string of the molecule is Cc1cc(NC(=O)c2cc(C(F)(F)F)nc(N(C(C)C)C(C)C)n2)ccc1C(=O)O. The number of halogens is 3. The van der Waals surface area contributed by atoms with E-state index in [2.05, 4.69) is 15.3 Å². The van der Waals surface area contributed by atoms with E-state index in [1.165, 1.54) is 18.2 Å². The van der Waals surface area contributed by atoms with Gasteiger partial charge in [0.05, 0.1) is 5.56 Å². The molecule has 2 aromatic rings. The molecule has 0 aliphatic heterocycles. The first-order valence-electron chi connectivity index (χ1n) is 9.21. The minimum absolute atomic E-state index is 0.0567. The van der Waals surface area contributed by atoms with Crippen LogP contribution in [-0.2, 0) is 6.18 Å². The smallest absolute Gasteiger partial charge is 0.433 e. The fourth-order valence-corrected chi connectivity index (χ4v) is 3.05. The van der Waals surface area contributed by atoms with Crippen LogP contribution >= 0.6 is 0 Å². The molecule has 162 valence electrons. The number of aromatic nitrogens is 2. The van der Waals surface area contributed by atoms with E-state index in [-0.39, 0.29) is 29.3 Å². The number of carboxylic acid groups (broad SMARTS) is 1. The Kier molecular flexibility index (Phi) is 6.69. The molecule has 0 saturated heterocycles. The molecule has 1 amide bonds. The number of aromatic carboxylic acids is 1. The second-order valence-corrected chi connectivity index (χ2v) is 7.32. The van der Waals surface area contributed by atoms with Crippen LogP contribution in [0.5, 0.6) is 0 Å². The van der Waals surface area contributed by atoms with E-state index < -0.39 is 29.4 Å². The largest absolute Gasteiger partial charge is 0.478 e. The molecule has 7 nitrogen and oxygen atoms in total. The molecule has 2 rings (SSSR count). The Labute approximate surface area is 172 Å². The van der Waals surface area contributed by atoms with Gasteiger partial charge in [0.1, 0.15) is 5.69 Å². The van der Waals surface area contributed by atoms with Gasteiger partial charge in [-0.3, -0.25) is 4.79 Å². The molecule has 0 fully saturated rings. The van der Waals surface area contributed by atoms with Gasteiger partial charge in [0.25, 0.3) is 5.91 Å². The summed E-state index contributed by atoms with van der Waals surface area (Å²) in [5.74, 6) is -2.18. The first-order chi connectivity index (χ1) is 13.8. The monoisotopic (exact) mass is 424 g/mol. The molecular weight excluding hydrogens is 401 g/mol. The zero-order valence-corrected chi connectivity index (χ0v) is 17.2. The van der Waals surface area contributed by atoms with Gasteiger partial charge in [0.15, 0.2) is 5.69 Å². The summed E-state index contributed by atoms with van der Waals surface area (Å²) in [5.41, 5.74) is -0.979. The summed E-state index contributed by atoms with van der Waals surface area (Å²) in [6, 6.07) is 4.28. The summed E-state index contributed by atoms with van der Waals surface area (Å²) in [4.78, 5) is 33.0. The van der Waals surface area contributed by atoms with Gasteiger partial charge in [-0.1, -0.05) is 0 Å². The van der Waals surface area contributed by atoms with Crippen molar-refractivity contribution in [3.63, 3.8) is 0 Å². The van der Waals surface area contributed by atoms with Crippen LogP contribution < -0.4 is 10.2 Å². The normalized spacial score (nSPS) is 11.7. The molecular formula is C20H23F3N4O3. The lowest BCUT2D eigenvalue weighted by atomic mass is 10.1. The van der Waals surface area contributed by atoms with E-state index in [9.17, 15) is 22.8 Å². The number of alkyl halides is 3. The Morgan fingerprint density at radius 1 is 1.07 bits per heavy atom. The minimum atomic E-state index is -4.76. The van der Waals surface area contributed by atoms with Gasteiger partial charge < -0.3 is 15.3 Å². The highest BCUT2D eigenvalue weighted by Crippen LogP contribution is 2.30. The van der Waals surface area contributed by atoms with Crippen molar-refractivity contribution in [1.29, 1.82) is 0 Å². The van der Waals surface area contributed by atoms with E-state index in [0.717, 1.165) is 0 Å². The van der Waals surface area contributed by atoms with Crippen molar-refractivity contribution in [2.45, 2.75) is 52.9 Å². The van der Waals surface area contributed by atoms with Crippen LogP contribution in [0.3, 0.4) is 0 Å². The average molecular weight is 424 g/mol. The highest BCUT2D eigenvalue weighted by molar-refractivity contribution is 6.03. The molecule has 0 aliphatic carbocycles. The lowest BCUT2D eigenvalue weighted by Gasteiger charge is -2.31. The number of aryl methyl sites for hydroxylation is 1. The van der Waals surface area contributed by atoms with Gasteiger partial charge >= 0.3 is 12.1 Å². The zero-order valence-electron chi connectivity index (χ0n) is 17.2. The van der Waals surface area contributed by atoms with Crippen molar-refractivity contribution in [2.24, 2.45) is 0 Å². The number of anilines is 2. The van der Waals surface area contributed by atoms with Gasteiger partial charge in [0, 0.05) is 23.8 Å². The van der Waals surface area contributed by atoms with E-state index in [1.807, 2.05) is 0 Å². The van der Waals surface area contributed by atoms with E-state index in [4.69, 9.17) is 5.11 Å². The first-order valence-corrected chi connectivity index (χ1v) is 9.21. The highest BCUT2D eigenvalue weighted by Gasteiger charge is 2.35. The minimum Gasteiger partial charge on any atom is -0.478 e. The molecule has 30 heavy (non-hydrogen) atoms. The molecule has 0 aliphatic rings. The Hall–Kier alpha value is -3.17. The van der Waals surface area contributed by atoms with Crippen LogP contribution in [0.2, 0.25) is 0 Å². The second-order valence-electron chi connectivity index (χ2n) is 7.32. The Balaban J connectivity index is 2.46. The third kappa shape index (κ3) is 5.25. The van der Waals surface area contributed by atoms with Crippen molar-refractivity contribution in [3.8, 4) is 0 Å². The molecule has 0 saturated carbocycles. The summed E-state index contributed by atoms with van der Waals surface area (Å²) in [7, 11) is 0. The fourth-order valence-electron chi connectivity index (χ4n) is 3.05. The predicted octanol–water partition coefficient (Wildman–Crippen LogP) is 4.38. The Morgan fingerprint density at radius 3 is 2.13 bits per heavy atom. The maximum absolute atomic E-state index is 13.4. The standard InChI is InChI=1S/C20H23F3N4O3/c1-10(2)27(11(3)4)19-25-15(9-16(26-19)20(21,22)23)17(28)24-13-6-7-14(18(29)30)12(5)8-13/h6-11H,1-5H3,(H,24,28)(H,29,30). The van der Waals surface area contributed by atoms with Crippen molar-refractivity contribution >= 4 is 23.5 Å². The second kappa shape index (κ2) is 8.68. The number of rotatable bonds is 6. The molecule has 0 spiro atoms. The van der Waals surface area contributed by atoms with E-state index in [0.29, 0.717) is 11.6 Å². The lowest BCUT2D eigenvalue weighted by molar-refractivity contribution is -0.141. The Bertz CT molecular complexity index is 951. The van der Waals surface area contributed by atoms with Gasteiger partial charge in [-0.2, -0.15) is 13.2 Å². The quantitative estimate of drug-likeness (QED) is 0.715. The maximum atomic E-state index is 13.4. The van der Waals surface area contributed by atoms with Crippen LogP contribution in [0, 0.1) is 6.92 Å². The lowest BCUT2D eigenvalue weighted by Crippen LogP contribution is -2.39. The molecule has 1 heterocycles. The molecule has 1 aromatic heterocycles. The topological polar surface area (TPSA) is 95.4 Å². The number of benzene rings is 1. The molecule has 10 heteroatoms. The number of hydrogen-bond acceptors (Lipinski definition) is 5. The first kappa shape index (κ1) is 23.1. The molecule has 2 N–H and O–H groups in total. The number of carboxylic acids is 1. The highest BCUT2D eigenvalue weighted by atomic mass is 19.4. The van der Waals surface area contributed by atoms with Crippen LogP contribution in [-0.4, -0.2) is 39.0 Å². The predicted molar refractivity (Wildman–Crippen MR) is 106 cm³/mol. The van der Waals surface area contributed by atoms with Gasteiger partial charge in [-0.05, 0) is 58.4 Å². The van der Waals surface area contributed by atoms with Crippen molar-refractivity contribution in [3.05, 3.63) is 46.8 Å². The molecule has 0 atom stereocenters. The average Bonchev–Trinajstić information content (AvgIpc) is 2.59. The molecule has 0 bridgehead atoms. The van der Waals surface area contributed by atoms with E-state index in [1.54, 1.807) is 39.5 Å². The van der Waals surface area contributed by atoms with Gasteiger partial charge in [0.2, 0.25) is 5.95 Å². The summed E-state index contributed by atoms with van der Waals surface area (Å²) >= 11 is 0. The van der Waals surface area contributed by atoms with Crippen molar-refractivity contribution < 1.29 is 27.9 Å². The van der Waals surface area contributed by atoms with Crippen LogP contribution in [0.1, 0.15) is 59.8 Å². The third-order valence-corrected chi connectivity index (χ3v) is 4.30. The molecule has 1 aromatic carbocycles. The number of nitrogens with zero attached hydrogens (tertiary/aromatic N) is 3. The number of carbonyl (C=O) groups is 2. The number of hydrogen-bond donors (Lipinski definition) is 2. The summed E-state index contributed by atoms with van der Waals surface area (Å²) in [6.07, 6.45) is -4.76. The zero-order chi connectivity index (χ0) is 22.8. The molecule has 0 unspecified atom stereocenters. The van der Waals surface area contributed by atoms with Crippen LogP contribution in [0.4, 0.5) is 24.8 Å². The van der Waals surface area contributed by atoms with Gasteiger partial charge in [-0.25, -0.2) is 14.8 Å². The third-order valence-electron chi connectivity index (χ3n) is 4.30. The molecule has 0 radical (unpaired) electrons. The number of nitrogens with one attached hydrogen (secondary N) is 1. The van der Waals surface area contributed by atoms with Crippen molar-refractivity contribution in [1.82, 2.24) is 9.97 Å². The van der Waals surface area contributed by atoms with Crippen LogP contribution in [0.15, 0.2) is 24.3 Å². The summed E-state index contributed by atoms with van der Waals surface area (Å²) in [5, 5.41) is 11.5.